The number of rotatable bonds is 6. The quantitative estimate of drug-likeness (QED) is 0.739. The van der Waals surface area contributed by atoms with E-state index in [4.69, 9.17) is 9.47 Å². The van der Waals surface area contributed by atoms with Crippen LogP contribution in [0.2, 0.25) is 0 Å². The average Bonchev–Trinajstić information content (AvgIpc) is 2.94. The zero-order chi connectivity index (χ0) is 18.6. The highest BCUT2D eigenvalue weighted by Gasteiger charge is 2.33. The lowest BCUT2D eigenvalue weighted by Gasteiger charge is -2.23. The van der Waals surface area contributed by atoms with E-state index in [9.17, 15) is 18.0 Å². The molecule has 2 amide bonds. The molecule has 1 aliphatic rings. The molecule has 1 saturated heterocycles. The summed E-state index contributed by atoms with van der Waals surface area (Å²) in [6.45, 7) is 0. The Kier molecular flexibility index (Phi) is 5.89. The molecule has 0 bridgehead atoms. The molecule has 0 radical (unpaired) electrons. The summed E-state index contributed by atoms with van der Waals surface area (Å²) >= 11 is 0. The van der Waals surface area contributed by atoms with Crippen LogP contribution in [-0.4, -0.2) is 63.9 Å². The molecule has 1 aromatic carbocycles. The zero-order valence-electron chi connectivity index (χ0n) is 14.4. The molecular weight excluding hydrogens is 348 g/mol. The van der Waals surface area contributed by atoms with Gasteiger partial charge >= 0.3 is 0 Å². The highest BCUT2D eigenvalue weighted by atomic mass is 32.2. The standard InChI is InChI=1S/C16H22N2O6S/c1-18(11-6-7-25(21,22)10-11)16(20)9-15(19)17-13-5-4-12(23-2)8-14(13)24-3/h4-5,8,11H,6-7,9-10H2,1-3H3,(H,17,19). The van der Waals surface area contributed by atoms with Crippen LogP contribution in [0.3, 0.4) is 0 Å². The van der Waals surface area contributed by atoms with Crippen molar-refractivity contribution in [2.75, 3.05) is 38.1 Å². The molecule has 1 unspecified atom stereocenters. The summed E-state index contributed by atoms with van der Waals surface area (Å²) in [6, 6.07) is 4.52. The third-order valence-corrected chi connectivity index (χ3v) is 5.89. The van der Waals surface area contributed by atoms with E-state index < -0.39 is 21.7 Å². The first-order valence-corrected chi connectivity index (χ1v) is 9.56. The van der Waals surface area contributed by atoms with Crippen LogP contribution in [0.5, 0.6) is 11.5 Å². The predicted molar refractivity (Wildman–Crippen MR) is 92.6 cm³/mol. The first-order chi connectivity index (χ1) is 11.8. The van der Waals surface area contributed by atoms with Gasteiger partial charge in [0.2, 0.25) is 11.8 Å². The monoisotopic (exact) mass is 370 g/mol. The lowest BCUT2D eigenvalue weighted by molar-refractivity contribution is -0.134. The second kappa shape index (κ2) is 7.73. The Morgan fingerprint density at radius 3 is 2.56 bits per heavy atom. The predicted octanol–water partition coefficient (Wildman–Crippen LogP) is 0.678. The Hall–Kier alpha value is -2.29. The molecule has 1 atom stereocenters. The summed E-state index contributed by atoms with van der Waals surface area (Å²) in [5.41, 5.74) is 0.423. The number of carbonyl (C=O) groups excluding carboxylic acids is 2. The molecule has 0 aliphatic carbocycles. The van der Waals surface area contributed by atoms with Gasteiger partial charge in [0.15, 0.2) is 9.84 Å². The largest absolute Gasteiger partial charge is 0.497 e. The number of nitrogens with zero attached hydrogens (tertiary/aromatic N) is 1. The molecule has 1 heterocycles. The van der Waals surface area contributed by atoms with Crippen LogP contribution in [0.4, 0.5) is 5.69 Å². The lowest BCUT2D eigenvalue weighted by Crippen LogP contribution is -2.39. The Morgan fingerprint density at radius 2 is 2.00 bits per heavy atom. The molecule has 138 valence electrons. The highest BCUT2D eigenvalue weighted by molar-refractivity contribution is 7.91. The van der Waals surface area contributed by atoms with Crippen molar-refractivity contribution < 1.29 is 27.5 Å². The van der Waals surface area contributed by atoms with Crippen molar-refractivity contribution in [3.05, 3.63) is 18.2 Å². The van der Waals surface area contributed by atoms with Crippen molar-refractivity contribution in [3.63, 3.8) is 0 Å². The van der Waals surface area contributed by atoms with E-state index in [1.807, 2.05) is 0 Å². The second-order valence-electron chi connectivity index (χ2n) is 5.85. The number of methoxy groups -OCH3 is 2. The number of sulfone groups is 1. The van der Waals surface area contributed by atoms with Crippen molar-refractivity contribution in [3.8, 4) is 11.5 Å². The SMILES string of the molecule is COc1ccc(NC(=O)CC(=O)N(C)C2CCS(=O)(=O)C2)c(OC)c1. The van der Waals surface area contributed by atoms with Crippen molar-refractivity contribution >= 4 is 27.3 Å². The topological polar surface area (TPSA) is 102 Å². The van der Waals surface area contributed by atoms with Crippen LogP contribution in [0, 0.1) is 0 Å². The minimum Gasteiger partial charge on any atom is -0.497 e. The fourth-order valence-electron chi connectivity index (χ4n) is 2.64. The van der Waals surface area contributed by atoms with Crippen LogP contribution < -0.4 is 14.8 Å². The maximum absolute atomic E-state index is 12.2. The summed E-state index contributed by atoms with van der Waals surface area (Å²) in [6.07, 6.45) is 0.0285. The Morgan fingerprint density at radius 1 is 1.28 bits per heavy atom. The molecule has 0 spiro atoms. The van der Waals surface area contributed by atoms with Gasteiger partial charge < -0.3 is 19.7 Å². The van der Waals surface area contributed by atoms with Crippen LogP contribution in [-0.2, 0) is 19.4 Å². The molecule has 0 aromatic heterocycles. The van der Waals surface area contributed by atoms with E-state index in [0.29, 0.717) is 23.6 Å². The minimum absolute atomic E-state index is 0.0524. The fourth-order valence-corrected chi connectivity index (χ4v) is 4.42. The van der Waals surface area contributed by atoms with Crippen LogP contribution in [0.1, 0.15) is 12.8 Å². The molecule has 1 fully saturated rings. The Labute approximate surface area is 147 Å². The van der Waals surface area contributed by atoms with Crippen molar-refractivity contribution in [2.24, 2.45) is 0 Å². The third kappa shape index (κ3) is 4.85. The molecule has 8 nitrogen and oxygen atoms in total. The van der Waals surface area contributed by atoms with Crippen molar-refractivity contribution in [1.29, 1.82) is 0 Å². The van der Waals surface area contributed by atoms with Gasteiger partial charge in [0.05, 0.1) is 31.4 Å². The molecular formula is C16H22N2O6S. The van der Waals surface area contributed by atoms with Gasteiger partial charge in [-0.15, -0.1) is 0 Å². The van der Waals surface area contributed by atoms with E-state index in [1.54, 1.807) is 18.2 Å². The maximum Gasteiger partial charge on any atom is 0.233 e. The number of ether oxygens (including phenoxy) is 2. The highest BCUT2D eigenvalue weighted by Crippen LogP contribution is 2.29. The fraction of sp³-hybridized carbons (Fsp3) is 0.500. The van der Waals surface area contributed by atoms with E-state index in [1.165, 1.54) is 26.2 Å². The maximum atomic E-state index is 12.2. The number of anilines is 1. The van der Waals surface area contributed by atoms with Crippen molar-refractivity contribution in [1.82, 2.24) is 4.90 Å². The number of hydrogen-bond donors (Lipinski definition) is 1. The molecule has 9 heteroatoms. The van der Waals surface area contributed by atoms with E-state index >= 15 is 0 Å². The Bertz CT molecular complexity index is 762. The molecule has 0 saturated carbocycles. The first kappa shape index (κ1) is 19.0. The van der Waals surface area contributed by atoms with E-state index in [-0.39, 0.29) is 24.0 Å². The zero-order valence-corrected chi connectivity index (χ0v) is 15.3. The molecule has 1 aliphatic heterocycles. The average molecular weight is 370 g/mol. The van der Waals surface area contributed by atoms with Crippen LogP contribution >= 0.6 is 0 Å². The van der Waals surface area contributed by atoms with Gasteiger partial charge in [-0.1, -0.05) is 0 Å². The van der Waals surface area contributed by atoms with Gasteiger partial charge in [0, 0.05) is 19.2 Å². The number of nitrogens with one attached hydrogen (secondary N) is 1. The van der Waals surface area contributed by atoms with Crippen molar-refractivity contribution in [2.45, 2.75) is 18.9 Å². The van der Waals surface area contributed by atoms with Crippen LogP contribution in [0.15, 0.2) is 18.2 Å². The van der Waals surface area contributed by atoms with Gasteiger partial charge in [0.1, 0.15) is 17.9 Å². The molecule has 1 aromatic rings. The smallest absolute Gasteiger partial charge is 0.233 e. The van der Waals surface area contributed by atoms with E-state index in [2.05, 4.69) is 5.32 Å². The summed E-state index contributed by atoms with van der Waals surface area (Å²) in [4.78, 5) is 25.7. The summed E-state index contributed by atoms with van der Waals surface area (Å²) < 4.78 is 33.3. The van der Waals surface area contributed by atoms with Gasteiger partial charge in [-0.3, -0.25) is 9.59 Å². The molecule has 1 N–H and O–H groups in total. The normalized spacial score (nSPS) is 18.4. The molecule has 2 rings (SSSR count). The number of benzene rings is 1. The van der Waals surface area contributed by atoms with Gasteiger partial charge in [0.25, 0.3) is 0 Å². The summed E-state index contributed by atoms with van der Waals surface area (Å²) in [7, 11) is 1.41. The summed E-state index contributed by atoms with van der Waals surface area (Å²) in [5.74, 6) is 0.0879. The molecule has 25 heavy (non-hydrogen) atoms. The lowest BCUT2D eigenvalue weighted by atomic mass is 10.2. The number of carbonyl (C=O) groups is 2. The van der Waals surface area contributed by atoms with Gasteiger partial charge in [-0.2, -0.15) is 0 Å². The number of hydrogen-bond acceptors (Lipinski definition) is 6. The van der Waals surface area contributed by atoms with E-state index in [0.717, 1.165) is 0 Å². The Balaban J connectivity index is 1.97. The number of amides is 2. The third-order valence-electron chi connectivity index (χ3n) is 4.14. The summed E-state index contributed by atoms with van der Waals surface area (Å²) in [5, 5.41) is 2.62. The van der Waals surface area contributed by atoms with Gasteiger partial charge in [-0.25, -0.2) is 8.42 Å². The minimum atomic E-state index is -3.09. The van der Waals surface area contributed by atoms with Crippen LogP contribution in [0.25, 0.3) is 0 Å². The first-order valence-electron chi connectivity index (χ1n) is 7.73. The second-order valence-corrected chi connectivity index (χ2v) is 8.08. The van der Waals surface area contributed by atoms with Gasteiger partial charge in [-0.05, 0) is 18.6 Å².